The summed E-state index contributed by atoms with van der Waals surface area (Å²) in [5.74, 6) is -0.601. The van der Waals surface area contributed by atoms with Gasteiger partial charge in [-0.2, -0.15) is 0 Å². The van der Waals surface area contributed by atoms with E-state index in [-0.39, 0.29) is 17.7 Å². The van der Waals surface area contributed by atoms with Gasteiger partial charge in [0.1, 0.15) is 5.75 Å². The normalized spacial score (nSPS) is 24.9. The molecule has 0 spiro atoms. The molecule has 5 heteroatoms. The van der Waals surface area contributed by atoms with Crippen molar-refractivity contribution in [3.05, 3.63) is 29.8 Å². The van der Waals surface area contributed by atoms with E-state index >= 15 is 0 Å². The number of benzene rings is 1. The van der Waals surface area contributed by atoms with Crippen molar-refractivity contribution in [2.24, 2.45) is 11.8 Å². The molecule has 0 aromatic heterocycles. The fraction of sp³-hybridized carbons (Fsp3) is 0.529. The SMILES string of the molecule is COc1cccc(C2CN(C(=O)C3CCC3)CC2C(=O)O)c1. The highest BCUT2D eigenvalue weighted by molar-refractivity contribution is 5.82. The number of amides is 1. The average Bonchev–Trinajstić information content (AvgIpc) is 2.91. The van der Waals surface area contributed by atoms with Gasteiger partial charge in [-0.05, 0) is 30.5 Å². The average molecular weight is 303 g/mol. The topological polar surface area (TPSA) is 66.8 Å². The van der Waals surface area contributed by atoms with E-state index in [0.717, 1.165) is 24.8 Å². The molecule has 1 aliphatic heterocycles. The number of rotatable bonds is 4. The quantitative estimate of drug-likeness (QED) is 0.925. The lowest BCUT2D eigenvalue weighted by molar-refractivity contribution is -0.142. The predicted octanol–water partition coefficient (Wildman–Crippen LogP) is 2.12. The first-order valence-corrected chi connectivity index (χ1v) is 7.75. The highest BCUT2D eigenvalue weighted by atomic mass is 16.5. The van der Waals surface area contributed by atoms with Gasteiger partial charge in [0.25, 0.3) is 0 Å². The van der Waals surface area contributed by atoms with Gasteiger partial charge in [0.2, 0.25) is 5.91 Å². The number of aliphatic carboxylic acids is 1. The Labute approximate surface area is 129 Å². The van der Waals surface area contributed by atoms with Crippen LogP contribution < -0.4 is 4.74 Å². The Morgan fingerprint density at radius 1 is 1.27 bits per heavy atom. The first kappa shape index (κ1) is 14.9. The van der Waals surface area contributed by atoms with Crippen molar-refractivity contribution in [2.45, 2.75) is 25.2 Å². The Kier molecular flexibility index (Phi) is 4.05. The number of carbonyl (C=O) groups excluding carboxylic acids is 1. The molecule has 5 nitrogen and oxygen atoms in total. The van der Waals surface area contributed by atoms with E-state index in [4.69, 9.17) is 4.74 Å². The summed E-state index contributed by atoms with van der Waals surface area (Å²) in [6, 6.07) is 7.49. The molecule has 2 unspecified atom stereocenters. The van der Waals surface area contributed by atoms with Crippen LogP contribution in [0.15, 0.2) is 24.3 Å². The van der Waals surface area contributed by atoms with Crippen LogP contribution in [0, 0.1) is 11.8 Å². The highest BCUT2D eigenvalue weighted by Crippen LogP contribution is 2.37. The van der Waals surface area contributed by atoms with Gasteiger partial charge in [-0.3, -0.25) is 9.59 Å². The standard InChI is InChI=1S/C17H21NO4/c1-22-13-7-3-6-12(8-13)14-9-18(10-15(14)17(20)21)16(19)11-4-2-5-11/h3,6-8,11,14-15H,2,4-5,9-10H2,1H3,(H,20,21). The molecule has 1 heterocycles. The number of hydrogen-bond acceptors (Lipinski definition) is 3. The van der Waals surface area contributed by atoms with E-state index in [1.54, 1.807) is 12.0 Å². The number of nitrogens with zero attached hydrogens (tertiary/aromatic N) is 1. The molecular formula is C17H21NO4. The van der Waals surface area contributed by atoms with E-state index < -0.39 is 11.9 Å². The number of hydrogen-bond donors (Lipinski definition) is 1. The van der Waals surface area contributed by atoms with Gasteiger partial charge in [-0.15, -0.1) is 0 Å². The lowest BCUT2D eigenvalue weighted by Crippen LogP contribution is -2.37. The van der Waals surface area contributed by atoms with Crippen LogP contribution in [0.1, 0.15) is 30.7 Å². The zero-order valence-electron chi connectivity index (χ0n) is 12.7. The van der Waals surface area contributed by atoms with Crippen LogP contribution in [-0.4, -0.2) is 42.1 Å². The molecule has 118 valence electrons. The highest BCUT2D eigenvalue weighted by Gasteiger charge is 2.42. The molecule has 2 aliphatic rings. The molecule has 2 atom stereocenters. The molecule has 3 rings (SSSR count). The molecular weight excluding hydrogens is 282 g/mol. The summed E-state index contributed by atoms with van der Waals surface area (Å²) in [7, 11) is 1.59. The summed E-state index contributed by atoms with van der Waals surface area (Å²) in [5.41, 5.74) is 0.927. The molecule has 22 heavy (non-hydrogen) atoms. The van der Waals surface area contributed by atoms with Gasteiger partial charge in [0, 0.05) is 24.9 Å². The molecule has 1 N–H and O–H groups in total. The van der Waals surface area contributed by atoms with Crippen LogP contribution in [-0.2, 0) is 9.59 Å². The van der Waals surface area contributed by atoms with E-state index in [2.05, 4.69) is 0 Å². The summed E-state index contributed by atoms with van der Waals surface area (Å²) in [6.07, 6.45) is 2.99. The second-order valence-electron chi connectivity index (χ2n) is 6.20. The lowest BCUT2D eigenvalue weighted by Gasteiger charge is -2.29. The summed E-state index contributed by atoms with van der Waals surface area (Å²) in [5, 5.41) is 9.51. The van der Waals surface area contributed by atoms with Gasteiger partial charge in [-0.25, -0.2) is 0 Å². The number of carboxylic acids is 1. The monoisotopic (exact) mass is 303 g/mol. The molecule has 1 aromatic carbocycles. The van der Waals surface area contributed by atoms with Crippen LogP contribution in [0.4, 0.5) is 0 Å². The Morgan fingerprint density at radius 2 is 2.05 bits per heavy atom. The van der Waals surface area contributed by atoms with Gasteiger partial charge >= 0.3 is 5.97 Å². The lowest BCUT2D eigenvalue weighted by atomic mass is 9.84. The number of carboxylic acid groups (broad SMARTS) is 1. The minimum absolute atomic E-state index is 0.110. The largest absolute Gasteiger partial charge is 0.497 e. The second-order valence-corrected chi connectivity index (χ2v) is 6.20. The van der Waals surface area contributed by atoms with Gasteiger partial charge in [0.15, 0.2) is 0 Å². The minimum atomic E-state index is -0.836. The molecule has 1 aromatic rings. The van der Waals surface area contributed by atoms with Crippen molar-refractivity contribution in [3.8, 4) is 5.75 Å². The van der Waals surface area contributed by atoms with Crippen molar-refractivity contribution in [3.63, 3.8) is 0 Å². The summed E-state index contributed by atoms with van der Waals surface area (Å²) < 4.78 is 5.22. The van der Waals surface area contributed by atoms with Crippen LogP contribution in [0.25, 0.3) is 0 Å². The predicted molar refractivity (Wildman–Crippen MR) is 80.8 cm³/mol. The molecule has 1 aliphatic carbocycles. The van der Waals surface area contributed by atoms with Crippen LogP contribution in [0.2, 0.25) is 0 Å². The second kappa shape index (κ2) is 5.99. The Morgan fingerprint density at radius 3 is 2.64 bits per heavy atom. The summed E-state index contributed by atoms with van der Waals surface area (Å²) in [4.78, 5) is 25.7. The van der Waals surface area contributed by atoms with Crippen LogP contribution in [0.5, 0.6) is 5.75 Å². The molecule has 1 saturated heterocycles. The van der Waals surface area contributed by atoms with Crippen molar-refractivity contribution < 1.29 is 19.4 Å². The van der Waals surface area contributed by atoms with Crippen LogP contribution in [0.3, 0.4) is 0 Å². The third kappa shape index (κ3) is 2.67. The van der Waals surface area contributed by atoms with Crippen molar-refractivity contribution in [1.29, 1.82) is 0 Å². The molecule has 0 bridgehead atoms. The molecule has 1 amide bonds. The zero-order chi connectivity index (χ0) is 15.7. The maximum atomic E-state index is 12.4. The first-order valence-electron chi connectivity index (χ1n) is 7.75. The number of carbonyl (C=O) groups is 2. The van der Waals surface area contributed by atoms with Crippen molar-refractivity contribution in [1.82, 2.24) is 4.90 Å². The van der Waals surface area contributed by atoms with E-state index in [1.165, 1.54) is 0 Å². The van der Waals surface area contributed by atoms with E-state index in [0.29, 0.717) is 18.8 Å². The number of ether oxygens (including phenoxy) is 1. The Bertz CT molecular complexity index is 582. The number of methoxy groups -OCH3 is 1. The van der Waals surface area contributed by atoms with Crippen LogP contribution >= 0.6 is 0 Å². The minimum Gasteiger partial charge on any atom is -0.497 e. The third-order valence-corrected chi connectivity index (χ3v) is 4.93. The first-order chi connectivity index (χ1) is 10.6. The van der Waals surface area contributed by atoms with E-state index in [9.17, 15) is 14.7 Å². The van der Waals surface area contributed by atoms with Crippen molar-refractivity contribution >= 4 is 11.9 Å². The Hall–Kier alpha value is -2.04. The summed E-state index contributed by atoms with van der Waals surface area (Å²) >= 11 is 0. The molecule has 2 fully saturated rings. The Balaban J connectivity index is 1.81. The maximum absolute atomic E-state index is 12.4. The van der Waals surface area contributed by atoms with Gasteiger partial charge in [-0.1, -0.05) is 18.6 Å². The summed E-state index contributed by atoms with van der Waals surface area (Å²) in [6.45, 7) is 0.798. The molecule has 0 radical (unpaired) electrons. The smallest absolute Gasteiger partial charge is 0.308 e. The maximum Gasteiger partial charge on any atom is 0.308 e. The third-order valence-electron chi connectivity index (χ3n) is 4.93. The van der Waals surface area contributed by atoms with E-state index in [1.807, 2.05) is 24.3 Å². The molecule has 1 saturated carbocycles. The zero-order valence-corrected chi connectivity index (χ0v) is 12.7. The van der Waals surface area contributed by atoms with Gasteiger partial charge in [0.05, 0.1) is 13.0 Å². The van der Waals surface area contributed by atoms with Gasteiger partial charge < -0.3 is 14.7 Å². The fourth-order valence-corrected chi connectivity index (χ4v) is 3.36. The van der Waals surface area contributed by atoms with Crippen molar-refractivity contribution in [2.75, 3.05) is 20.2 Å². The fourth-order valence-electron chi connectivity index (χ4n) is 3.36. The number of likely N-dealkylation sites (tertiary alicyclic amines) is 1.